The molecular weight excluding hydrogens is 388 g/mol. The second kappa shape index (κ2) is 7.91. The minimum Gasteiger partial charge on any atom is -0.367 e. The van der Waals surface area contributed by atoms with E-state index in [-0.39, 0.29) is 5.91 Å². The molecule has 31 heavy (non-hydrogen) atoms. The number of nitrogens with zero attached hydrogens (tertiary/aromatic N) is 5. The second-order valence-corrected chi connectivity index (χ2v) is 8.07. The van der Waals surface area contributed by atoms with Crippen LogP contribution in [0.4, 0.5) is 5.69 Å². The molecule has 1 amide bonds. The molecule has 0 spiro atoms. The van der Waals surface area contributed by atoms with Crippen LogP contribution >= 0.6 is 0 Å². The lowest BCUT2D eigenvalue weighted by Gasteiger charge is -2.37. The van der Waals surface area contributed by atoms with Crippen molar-refractivity contribution in [1.82, 2.24) is 24.6 Å². The van der Waals surface area contributed by atoms with Crippen LogP contribution in [0.2, 0.25) is 0 Å². The number of H-pyrrole nitrogens is 1. The summed E-state index contributed by atoms with van der Waals surface area (Å²) in [5.74, 6) is 0.997. The van der Waals surface area contributed by atoms with Crippen LogP contribution < -0.4 is 4.90 Å². The maximum Gasteiger partial charge on any atom is 0.244 e. The molecule has 2 aromatic heterocycles. The van der Waals surface area contributed by atoms with E-state index in [0.717, 1.165) is 52.6 Å². The Labute approximate surface area is 181 Å². The lowest BCUT2D eigenvalue weighted by molar-refractivity contribution is -0.132. The van der Waals surface area contributed by atoms with Gasteiger partial charge < -0.3 is 14.8 Å². The van der Waals surface area contributed by atoms with Crippen LogP contribution in [0.1, 0.15) is 11.4 Å². The molecule has 0 aliphatic carbocycles. The van der Waals surface area contributed by atoms with Gasteiger partial charge in [-0.15, -0.1) is 0 Å². The summed E-state index contributed by atoms with van der Waals surface area (Å²) in [7, 11) is 0. The van der Waals surface area contributed by atoms with Crippen LogP contribution in [0.15, 0.2) is 54.6 Å². The Hall–Kier alpha value is -3.61. The first kappa shape index (κ1) is 19.4. The summed E-state index contributed by atoms with van der Waals surface area (Å²) in [6, 6.07) is 18.4. The number of aromatic nitrogens is 4. The van der Waals surface area contributed by atoms with Crippen molar-refractivity contribution in [2.75, 3.05) is 31.1 Å². The zero-order chi connectivity index (χ0) is 21.4. The monoisotopic (exact) mass is 414 g/mol. The number of hydrogen-bond acceptors (Lipinski definition) is 4. The number of carbonyl (C=O) groups excluding carboxylic acids is 1. The van der Waals surface area contributed by atoms with Gasteiger partial charge in [-0.3, -0.25) is 9.48 Å². The van der Waals surface area contributed by atoms with Crippen molar-refractivity contribution in [2.24, 2.45) is 0 Å². The standard InChI is InChI=1S/C24H26N6O/c1-17-15-18(2)30(27-17)16-23(31)29-13-11-28(12-14-29)22-10-6-3-7-19(22)24-25-20-8-4-5-9-21(20)26-24/h3-10,15H,11-14,16H2,1-2H3,(H,25,26). The number of piperazine rings is 1. The summed E-state index contributed by atoms with van der Waals surface area (Å²) in [4.78, 5) is 25.3. The van der Waals surface area contributed by atoms with Crippen LogP contribution in [-0.2, 0) is 11.3 Å². The van der Waals surface area contributed by atoms with E-state index in [1.54, 1.807) is 4.68 Å². The number of fused-ring (bicyclic) bond motifs is 1. The van der Waals surface area contributed by atoms with Crippen molar-refractivity contribution in [3.05, 3.63) is 66.0 Å². The zero-order valence-corrected chi connectivity index (χ0v) is 17.9. The smallest absolute Gasteiger partial charge is 0.244 e. The van der Waals surface area contributed by atoms with Gasteiger partial charge in [0, 0.05) is 43.1 Å². The molecule has 158 valence electrons. The molecule has 1 aliphatic rings. The average molecular weight is 415 g/mol. The first-order chi connectivity index (χ1) is 15.1. The third-order valence-corrected chi connectivity index (χ3v) is 5.91. The summed E-state index contributed by atoms with van der Waals surface area (Å²) in [5, 5.41) is 4.42. The van der Waals surface area contributed by atoms with Gasteiger partial charge in [0.15, 0.2) is 0 Å². The normalized spacial score (nSPS) is 14.4. The molecule has 3 heterocycles. The summed E-state index contributed by atoms with van der Waals surface area (Å²) in [5.41, 5.74) is 6.19. The summed E-state index contributed by atoms with van der Waals surface area (Å²) >= 11 is 0. The Kier molecular flexibility index (Phi) is 4.94. The van der Waals surface area contributed by atoms with E-state index in [9.17, 15) is 4.79 Å². The van der Waals surface area contributed by atoms with Crippen molar-refractivity contribution in [2.45, 2.75) is 20.4 Å². The maximum atomic E-state index is 12.8. The number of para-hydroxylation sites is 3. The van der Waals surface area contributed by atoms with Crippen molar-refractivity contribution in [3.63, 3.8) is 0 Å². The molecule has 7 heteroatoms. The van der Waals surface area contributed by atoms with Crippen LogP contribution in [-0.4, -0.2) is 56.7 Å². The number of aromatic amines is 1. The minimum atomic E-state index is 0.122. The maximum absolute atomic E-state index is 12.8. The molecular formula is C24H26N6O. The average Bonchev–Trinajstić information content (AvgIpc) is 3.36. The molecule has 4 aromatic rings. The van der Waals surface area contributed by atoms with E-state index >= 15 is 0 Å². The highest BCUT2D eigenvalue weighted by Gasteiger charge is 2.24. The van der Waals surface area contributed by atoms with Crippen molar-refractivity contribution in [1.29, 1.82) is 0 Å². The topological polar surface area (TPSA) is 70.1 Å². The van der Waals surface area contributed by atoms with Crippen molar-refractivity contribution < 1.29 is 4.79 Å². The SMILES string of the molecule is Cc1cc(C)n(CC(=O)N2CCN(c3ccccc3-c3nc4ccccc4[nH]3)CC2)n1. The molecule has 0 radical (unpaired) electrons. The van der Waals surface area contributed by atoms with Gasteiger partial charge in [0.05, 0.1) is 16.7 Å². The minimum absolute atomic E-state index is 0.122. The molecule has 1 saturated heterocycles. The Morgan fingerprint density at radius 2 is 1.74 bits per heavy atom. The number of imidazole rings is 1. The van der Waals surface area contributed by atoms with Gasteiger partial charge in [0.25, 0.3) is 0 Å². The third-order valence-electron chi connectivity index (χ3n) is 5.91. The third kappa shape index (κ3) is 3.79. The van der Waals surface area contributed by atoms with Gasteiger partial charge in [-0.1, -0.05) is 24.3 Å². The number of carbonyl (C=O) groups is 1. The Balaban J connectivity index is 1.31. The largest absolute Gasteiger partial charge is 0.367 e. The highest BCUT2D eigenvalue weighted by molar-refractivity contribution is 5.83. The van der Waals surface area contributed by atoms with Crippen molar-refractivity contribution >= 4 is 22.6 Å². The van der Waals surface area contributed by atoms with Crippen LogP contribution in [0.3, 0.4) is 0 Å². The number of nitrogens with one attached hydrogen (secondary N) is 1. The Bertz CT molecular complexity index is 1200. The van der Waals surface area contributed by atoms with E-state index in [2.05, 4.69) is 33.2 Å². The number of rotatable bonds is 4. The molecule has 0 unspecified atom stereocenters. The van der Waals surface area contributed by atoms with Crippen LogP contribution in [0.5, 0.6) is 0 Å². The quantitative estimate of drug-likeness (QED) is 0.556. The predicted octanol–water partition coefficient (Wildman–Crippen LogP) is 3.39. The molecule has 0 bridgehead atoms. The molecule has 2 aromatic carbocycles. The van der Waals surface area contributed by atoms with Gasteiger partial charge in [0.1, 0.15) is 12.4 Å². The molecule has 1 aliphatic heterocycles. The van der Waals surface area contributed by atoms with Gasteiger partial charge in [-0.25, -0.2) is 4.98 Å². The Morgan fingerprint density at radius 1 is 1.00 bits per heavy atom. The molecule has 0 atom stereocenters. The number of benzene rings is 2. The fraction of sp³-hybridized carbons (Fsp3) is 0.292. The summed E-state index contributed by atoms with van der Waals surface area (Å²) in [6.45, 7) is 7.22. The summed E-state index contributed by atoms with van der Waals surface area (Å²) < 4.78 is 1.79. The fourth-order valence-corrected chi connectivity index (χ4v) is 4.29. The highest BCUT2D eigenvalue weighted by Crippen LogP contribution is 2.31. The predicted molar refractivity (Wildman–Crippen MR) is 122 cm³/mol. The van der Waals surface area contributed by atoms with E-state index < -0.39 is 0 Å². The first-order valence-corrected chi connectivity index (χ1v) is 10.7. The van der Waals surface area contributed by atoms with Crippen LogP contribution in [0.25, 0.3) is 22.4 Å². The van der Waals surface area contributed by atoms with E-state index in [1.807, 2.05) is 55.1 Å². The van der Waals surface area contributed by atoms with Gasteiger partial charge in [-0.2, -0.15) is 5.10 Å². The number of anilines is 1. The highest BCUT2D eigenvalue weighted by atomic mass is 16.2. The van der Waals surface area contributed by atoms with E-state index in [1.165, 1.54) is 0 Å². The van der Waals surface area contributed by atoms with Gasteiger partial charge >= 0.3 is 0 Å². The number of amides is 1. The molecule has 0 saturated carbocycles. The fourth-order valence-electron chi connectivity index (χ4n) is 4.29. The number of aryl methyl sites for hydroxylation is 2. The second-order valence-electron chi connectivity index (χ2n) is 8.07. The zero-order valence-electron chi connectivity index (χ0n) is 17.9. The number of hydrogen-bond donors (Lipinski definition) is 1. The lowest BCUT2D eigenvalue weighted by atomic mass is 10.1. The lowest BCUT2D eigenvalue weighted by Crippen LogP contribution is -2.49. The summed E-state index contributed by atoms with van der Waals surface area (Å²) in [6.07, 6.45) is 0. The molecule has 1 N–H and O–H groups in total. The van der Waals surface area contributed by atoms with Crippen molar-refractivity contribution in [3.8, 4) is 11.4 Å². The van der Waals surface area contributed by atoms with Gasteiger partial charge in [0.2, 0.25) is 5.91 Å². The Morgan fingerprint density at radius 3 is 2.48 bits per heavy atom. The first-order valence-electron chi connectivity index (χ1n) is 10.7. The van der Waals surface area contributed by atoms with Crippen LogP contribution in [0, 0.1) is 13.8 Å². The molecule has 1 fully saturated rings. The van der Waals surface area contributed by atoms with E-state index in [4.69, 9.17) is 4.98 Å². The van der Waals surface area contributed by atoms with Gasteiger partial charge in [-0.05, 0) is 44.2 Å². The van der Waals surface area contributed by atoms with E-state index in [0.29, 0.717) is 19.6 Å². The molecule has 5 rings (SSSR count). The molecule has 7 nitrogen and oxygen atoms in total.